The van der Waals surface area contributed by atoms with Gasteiger partial charge in [0.2, 0.25) is 5.82 Å². The van der Waals surface area contributed by atoms with Gasteiger partial charge in [-0.2, -0.15) is 4.39 Å². The fourth-order valence-corrected chi connectivity index (χ4v) is 1.07. The highest BCUT2D eigenvalue weighted by molar-refractivity contribution is 5.90. The van der Waals surface area contributed by atoms with Crippen LogP contribution in [0.4, 0.5) is 14.5 Å². The van der Waals surface area contributed by atoms with Crippen LogP contribution in [0.15, 0.2) is 6.07 Å². The number of hydrogen-bond donors (Lipinski definition) is 1. The largest absolute Gasteiger partial charge is 0.493 e. The zero-order valence-electron chi connectivity index (χ0n) is 7.86. The maximum absolute atomic E-state index is 13.3. The number of nitro groups is 1. The molecule has 1 aromatic carbocycles. The number of methoxy groups -OCH3 is 1. The standard InChI is InChI=1S/C8H5F2NO5/c1-16-4-2-3(11(14)15)6(9)5(7(4)10)8(12)13/h2H,1H3,(H,12,13). The molecule has 1 rings (SSSR count). The van der Waals surface area contributed by atoms with Gasteiger partial charge in [-0.3, -0.25) is 10.1 Å². The normalized spacial score (nSPS) is 9.94. The number of halogens is 2. The second kappa shape index (κ2) is 4.09. The molecule has 0 saturated carbocycles. The predicted octanol–water partition coefficient (Wildman–Crippen LogP) is 1.58. The van der Waals surface area contributed by atoms with Crippen LogP contribution >= 0.6 is 0 Å². The molecule has 0 bridgehead atoms. The minimum absolute atomic E-state index is 0.483. The Kier molecular flexibility index (Phi) is 3.02. The second-order valence-electron chi connectivity index (χ2n) is 2.66. The first-order valence-electron chi connectivity index (χ1n) is 3.83. The van der Waals surface area contributed by atoms with Gasteiger partial charge in [-0.15, -0.1) is 0 Å². The molecule has 1 aromatic rings. The molecule has 86 valence electrons. The van der Waals surface area contributed by atoms with Crippen molar-refractivity contribution in [3.05, 3.63) is 33.4 Å². The summed E-state index contributed by atoms with van der Waals surface area (Å²) in [6, 6.07) is 0.483. The van der Waals surface area contributed by atoms with Crippen molar-refractivity contribution in [3.63, 3.8) is 0 Å². The van der Waals surface area contributed by atoms with Crippen molar-refractivity contribution in [2.24, 2.45) is 0 Å². The molecular weight excluding hydrogens is 228 g/mol. The van der Waals surface area contributed by atoms with Gasteiger partial charge in [-0.1, -0.05) is 0 Å². The molecular formula is C8H5F2NO5. The fourth-order valence-electron chi connectivity index (χ4n) is 1.07. The molecule has 0 fully saturated rings. The summed E-state index contributed by atoms with van der Waals surface area (Å²) in [5.74, 6) is -5.88. The smallest absolute Gasteiger partial charge is 0.342 e. The van der Waals surface area contributed by atoms with Gasteiger partial charge in [0.1, 0.15) is 5.56 Å². The summed E-state index contributed by atoms with van der Waals surface area (Å²) in [5.41, 5.74) is -2.57. The SMILES string of the molecule is COc1cc([N+](=O)[O-])c(F)c(C(=O)O)c1F. The van der Waals surface area contributed by atoms with Crippen molar-refractivity contribution in [1.82, 2.24) is 0 Å². The van der Waals surface area contributed by atoms with Crippen molar-refractivity contribution in [3.8, 4) is 5.75 Å². The molecule has 1 N–H and O–H groups in total. The number of nitrogens with zero attached hydrogens (tertiary/aromatic N) is 1. The van der Waals surface area contributed by atoms with Crippen LogP contribution in [0.2, 0.25) is 0 Å². The van der Waals surface area contributed by atoms with E-state index in [1.807, 2.05) is 0 Å². The summed E-state index contributed by atoms with van der Waals surface area (Å²) in [6.07, 6.45) is 0. The fraction of sp³-hybridized carbons (Fsp3) is 0.125. The highest BCUT2D eigenvalue weighted by Gasteiger charge is 2.29. The molecule has 0 atom stereocenters. The van der Waals surface area contributed by atoms with E-state index < -0.39 is 39.5 Å². The highest BCUT2D eigenvalue weighted by atomic mass is 19.1. The van der Waals surface area contributed by atoms with Crippen molar-refractivity contribution in [1.29, 1.82) is 0 Å². The van der Waals surface area contributed by atoms with E-state index in [-0.39, 0.29) is 0 Å². The van der Waals surface area contributed by atoms with Crippen molar-refractivity contribution < 1.29 is 28.3 Å². The van der Waals surface area contributed by atoms with Gasteiger partial charge in [-0.25, -0.2) is 9.18 Å². The lowest BCUT2D eigenvalue weighted by Gasteiger charge is -2.05. The Hall–Kier alpha value is -2.25. The topological polar surface area (TPSA) is 89.7 Å². The van der Waals surface area contributed by atoms with E-state index in [1.54, 1.807) is 0 Å². The summed E-state index contributed by atoms with van der Waals surface area (Å²) in [6.45, 7) is 0. The van der Waals surface area contributed by atoms with Crippen LogP contribution < -0.4 is 4.74 Å². The molecule has 0 aromatic heterocycles. The summed E-state index contributed by atoms with van der Waals surface area (Å²) < 4.78 is 30.9. The minimum atomic E-state index is -1.95. The van der Waals surface area contributed by atoms with Crippen LogP contribution in [0, 0.1) is 21.7 Å². The molecule has 16 heavy (non-hydrogen) atoms. The van der Waals surface area contributed by atoms with Crippen LogP contribution in [0.3, 0.4) is 0 Å². The molecule has 0 radical (unpaired) electrons. The van der Waals surface area contributed by atoms with E-state index in [4.69, 9.17) is 5.11 Å². The van der Waals surface area contributed by atoms with Crippen molar-refractivity contribution in [2.75, 3.05) is 7.11 Å². The summed E-state index contributed by atoms with van der Waals surface area (Å²) >= 11 is 0. The number of nitro benzene ring substituents is 1. The maximum atomic E-state index is 13.3. The number of benzene rings is 1. The van der Waals surface area contributed by atoms with Crippen molar-refractivity contribution >= 4 is 11.7 Å². The van der Waals surface area contributed by atoms with Crippen LogP contribution in [0.5, 0.6) is 5.75 Å². The van der Waals surface area contributed by atoms with E-state index in [0.29, 0.717) is 6.07 Å². The molecule has 8 heteroatoms. The first-order valence-corrected chi connectivity index (χ1v) is 3.83. The van der Waals surface area contributed by atoms with Gasteiger partial charge in [0, 0.05) is 0 Å². The lowest BCUT2D eigenvalue weighted by molar-refractivity contribution is -0.387. The van der Waals surface area contributed by atoms with Gasteiger partial charge in [0.25, 0.3) is 0 Å². The third kappa shape index (κ3) is 1.76. The Bertz CT molecular complexity index is 474. The average molecular weight is 233 g/mol. The van der Waals surface area contributed by atoms with E-state index in [1.165, 1.54) is 0 Å². The zero-order chi connectivity index (χ0) is 12.5. The lowest BCUT2D eigenvalue weighted by atomic mass is 10.1. The average Bonchev–Trinajstić information content (AvgIpc) is 2.16. The van der Waals surface area contributed by atoms with Gasteiger partial charge in [-0.05, 0) is 0 Å². The maximum Gasteiger partial charge on any atom is 0.342 e. The number of carboxylic acids is 1. The molecule has 0 aliphatic rings. The van der Waals surface area contributed by atoms with Gasteiger partial charge in [0.05, 0.1) is 18.1 Å². The summed E-state index contributed by atoms with van der Waals surface area (Å²) in [7, 11) is 0.978. The van der Waals surface area contributed by atoms with E-state index in [9.17, 15) is 23.7 Å². The zero-order valence-corrected chi connectivity index (χ0v) is 7.86. The Balaban J connectivity index is 3.64. The second-order valence-corrected chi connectivity index (χ2v) is 2.66. The van der Waals surface area contributed by atoms with E-state index in [0.717, 1.165) is 7.11 Å². The van der Waals surface area contributed by atoms with Crippen LogP contribution in [-0.2, 0) is 0 Å². The van der Waals surface area contributed by atoms with Crippen LogP contribution in [0.1, 0.15) is 10.4 Å². The summed E-state index contributed by atoms with van der Waals surface area (Å²) in [5, 5.41) is 18.9. The van der Waals surface area contributed by atoms with Gasteiger partial charge >= 0.3 is 11.7 Å². The number of hydrogen-bond acceptors (Lipinski definition) is 4. The molecule has 0 heterocycles. The van der Waals surface area contributed by atoms with E-state index >= 15 is 0 Å². The van der Waals surface area contributed by atoms with Crippen LogP contribution in [0.25, 0.3) is 0 Å². The Labute approximate surface area is 87.2 Å². The number of aromatic carboxylic acids is 1. The molecule has 6 nitrogen and oxygen atoms in total. The molecule has 0 unspecified atom stereocenters. The van der Waals surface area contributed by atoms with E-state index in [2.05, 4.69) is 4.74 Å². The minimum Gasteiger partial charge on any atom is -0.493 e. The molecule has 0 aliphatic carbocycles. The van der Waals surface area contributed by atoms with Crippen LogP contribution in [-0.4, -0.2) is 23.1 Å². The number of rotatable bonds is 3. The molecule has 0 amide bonds. The number of ether oxygens (including phenoxy) is 1. The lowest BCUT2D eigenvalue weighted by Crippen LogP contribution is -2.09. The Morgan fingerprint density at radius 3 is 2.44 bits per heavy atom. The van der Waals surface area contributed by atoms with Gasteiger partial charge in [0.15, 0.2) is 11.6 Å². The number of carbonyl (C=O) groups is 1. The quantitative estimate of drug-likeness (QED) is 0.632. The summed E-state index contributed by atoms with van der Waals surface area (Å²) in [4.78, 5) is 19.7. The third-order valence-electron chi connectivity index (χ3n) is 1.78. The van der Waals surface area contributed by atoms with Gasteiger partial charge < -0.3 is 9.84 Å². The number of carboxylic acid groups (broad SMARTS) is 1. The highest BCUT2D eigenvalue weighted by Crippen LogP contribution is 2.30. The molecule has 0 aliphatic heterocycles. The molecule has 0 spiro atoms. The Morgan fingerprint density at radius 2 is 2.06 bits per heavy atom. The van der Waals surface area contributed by atoms with Crippen molar-refractivity contribution in [2.45, 2.75) is 0 Å². The molecule has 0 saturated heterocycles. The monoisotopic (exact) mass is 233 g/mol. The predicted molar refractivity (Wildman–Crippen MR) is 46.5 cm³/mol. The third-order valence-corrected chi connectivity index (χ3v) is 1.78. The first-order chi connectivity index (χ1) is 7.40. The Morgan fingerprint density at radius 1 is 1.50 bits per heavy atom. The first kappa shape index (κ1) is 11.8.